The van der Waals surface area contributed by atoms with Crippen molar-refractivity contribution in [1.82, 2.24) is 4.31 Å². The highest BCUT2D eigenvalue weighted by Gasteiger charge is 2.32. The molecule has 1 heterocycles. The maximum Gasteiger partial charge on any atom is 0.258 e. The molecule has 6 heteroatoms. The van der Waals surface area contributed by atoms with Crippen LogP contribution in [0.5, 0.6) is 0 Å². The number of carbonyl (C=O) groups is 1. The number of fused-ring (bicyclic) bond motifs is 1. The van der Waals surface area contributed by atoms with E-state index >= 15 is 0 Å². The molecule has 2 aromatic rings. The first-order valence-corrected chi connectivity index (χ1v) is 12.3. The Hall–Kier alpha value is -2.18. The standard InChI is InChI=1S/C24H30N2O3S/c1-18-15-16-19-9-6-7-14-23(19)26(18)24(27)20-10-8-13-22(17-20)30(28,29)25(2)21-11-4-3-5-12-21/h6-10,13-14,17-18,21H,3-5,11-12,15-16H2,1-2H3. The van der Waals surface area contributed by atoms with E-state index in [0.717, 1.165) is 49.8 Å². The van der Waals surface area contributed by atoms with E-state index in [2.05, 4.69) is 6.07 Å². The molecule has 1 aliphatic carbocycles. The summed E-state index contributed by atoms with van der Waals surface area (Å²) in [5, 5.41) is 0. The largest absolute Gasteiger partial charge is 0.305 e. The van der Waals surface area contributed by atoms with Crippen LogP contribution in [-0.4, -0.2) is 37.8 Å². The number of anilines is 1. The molecular weight excluding hydrogens is 396 g/mol. The minimum atomic E-state index is -3.64. The van der Waals surface area contributed by atoms with Crippen LogP contribution in [-0.2, 0) is 16.4 Å². The Morgan fingerprint density at radius 1 is 1.00 bits per heavy atom. The van der Waals surface area contributed by atoms with E-state index in [1.165, 1.54) is 10.7 Å². The zero-order valence-electron chi connectivity index (χ0n) is 17.8. The summed E-state index contributed by atoms with van der Waals surface area (Å²) in [7, 11) is -1.97. The number of amides is 1. The van der Waals surface area contributed by atoms with Crippen LogP contribution in [0.3, 0.4) is 0 Å². The Kier molecular flexibility index (Phi) is 5.98. The fraction of sp³-hybridized carbons (Fsp3) is 0.458. The van der Waals surface area contributed by atoms with Gasteiger partial charge in [-0.3, -0.25) is 4.79 Å². The van der Waals surface area contributed by atoms with Gasteiger partial charge in [0.25, 0.3) is 5.91 Å². The fourth-order valence-electron chi connectivity index (χ4n) is 4.73. The number of aryl methyl sites for hydroxylation is 1. The van der Waals surface area contributed by atoms with Gasteiger partial charge in [0.1, 0.15) is 0 Å². The minimum Gasteiger partial charge on any atom is -0.305 e. The number of rotatable bonds is 4. The van der Waals surface area contributed by atoms with Gasteiger partial charge in [-0.1, -0.05) is 43.5 Å². The van der Waals surface area contributed by atoms with Crippen LogP contribution in [0, 0.1) is 0 Å². The summed E-state index contributed by atoms with van der Waals surface area (Å²) in [6.07, 6.45) is 6.94. The first-order valence-electron chi connectivity index (χ1n) is 10.9. The molecule has 30 heavy (non-hydrogen) atoms. The SMILES string of the molecule is CC1CCc2ccccc2N1C(=O)c1cccc(S(=O)(=O)N(C)C2CCCCC2)c1. The third kappa shape index (κ3) is 3.91. The monoisotopic (exact) mass is 426 g/mol. The number of carbonyl (C=O) groups excluding carboxylic acids is 1. The van der Waals surface area contributed by atoms with Crippen LogP contribution in [0.25, 0.3) is 0 Å². The van der Waals surface area contributed by atoms with Crippen molar-refractivity contribution in [3.05, 3.63) is 59.7 Å². The van der Waals surface area contributed by atoms with Crippen LogP contribution in [0.2, 0.25) is 0 Å². The minimum absolute atomic E-state index is 0.0390. The second-order valence-electron chi connectivity index (χ2n) is 8.53. The molecule has 1 unspecified atom stereocenters. The highest BCUT2D eigenvalue weighted by Crippen LogP contribution is 2.32. The molecule has 1 saturated carbocycles. The van der Waals surface area contributed by atoms with Crippen molar-refractivity contribution in [1.29, 1.82) is 0 Å². The molecule has 0 spiro atoms. The first-order chi connectivity index (χ1) is 14.4. The number of nitrogens with zero attached hydrogens (tertiary/aromatic N) is 2. The number of para-hydroxylation sites is 1. The van der Waals surface area contributed by atoms with Crippen molar-refractivity contribution < 1.29 is 13.2 Å². The number of hydrogen-bond donors (Lipinski definition) is 0. The normalized spacial score (nSPS) is 20.2. The van der Waals surface area contributed by atoms with Crippen LogP contribution in [0.4, 0.5) is 5.69 Å². The van der Waals surface area contributed by atoms with E-state index < -0.39 is 10.0 Å². The third-order valence-corrected chi connectivity index (χ3v) is 8.50. The molecule has 0 N–H and O–H groups in total. The molecule has 1 amide bonds. The summed E-state index contributed by atoms with van der Waals surface area (Å²) in [4.78, 5) is 15.4. The summed E-state index contributed by atoms with van der Waals surface area (Å²) in [5.74, 6) is -0.146. The van der Waals surface area contributed by atoms with Gasteiger partial charge in [-0.05, 0) is 62.4 Å². The number of hydrogen-bond acceptors (Lipinski definition) is 3. The summed E-state index contributed by atoms with van der Waals surface area (Å²) < 4.78 is 28.0. The van der Waals surface area contributed by atoms with Crippen LogP contribution >= 0.6 is 0 Å². The van der Waals surface area contributed by atoms with E-state index in [-0.39, 0.29) is 22.9 Å². The lowest BCUT2D eigenvalue weighted by atomic mass is 9.96. The van der Waals surface area contributed by atoms with Crippen molar-refractivity contribution in [3.63, 3.8) is 0 Å². The van der Waals surface area contributed by atoms with Crippen LogP contribution < -0.4 is 4.90 Å². The van der Waals surface area contributed by atoms with Gasteiger partial charge in [0.15, 0.2) is 0 Å². The molecular formula is C24H30N2O3S. The molecule has 5 nitrogen and oxygen atoms in total. The Balaban J connectivity index is 1.64. The highest BCUT2D eigenvalue weighted by molar-refractivity contribution is 7.89. The Bertz CT molecular complexity index is 1030. The Morgan fingerprint density at radius 2 is 1.73 bits per heavy atom. The van der Waals surface area contributed by atoms with Gasteiger partial charge < -0.3 is 4.90 Å². The zero-order chi connectivity index (χ0) is 21.3. The van der Waals surface area contributed by atoms with Gasteiger partial charge in [-0.15, -0.1) is 0 Å². The molecule has 0 radical (unpaired) electrons. The van der Waals surface area contributed by atoms with Gasteiger partial charge in [0, 0.05) is 30.4 Å². The molecule has 1 atom stereocenters. The maximum absolute atomic E-state index is 13.4. The second-order valence-corrected chi connectivity index (χ2v) is 10.5. The van der Waals surface area contributed by atoms with E-state index in [0.29, 0.717) is 5.56 Å². The lowest BCUT2D eigenvalue weighted by Gasteiger charge is -2.35. The topological polar surface area (TPSA) is 57.7 Å². The summed E-state index contributed by atoms with van der Waals surface area (Å²) >= 11 is 0. The average Bonchev–Trinajstić information content (AvgIpc) is 2.78. The van der Waals surface area contributed by atoms with Crippen LogP contribution in [0.1, 0.15) is 61.4 Å². The summed E-state index contributed by atoms with van der Waals surface area (Å²) in [5.41, 5.74) is 2.50. The fourth-order valence-corrected chi connectivity index (χ4v) is 6.20. The lowest BCUT2D eigenvalue weighted by molar-refractivity contribution is 0.0975. The predicted molar refractivity (Wildman–Crippen MR) is 119 cm³/mol. The molecule has 4 rings (SSSR count). The van der Waals surface area contributed by atoms with E-state index in [4.69, 9.17) is 0 Å². The number of benzene rings is 2. The first kappa shape index (κ1) is 21.1. The van der Waals surface area contributed by atoms with E-state index in [9.17, 15) is 13.2 Å². The molecule has 2 aliphatic rings. The van der Waals surface area contributed by atoms with Crippen molar-refractivity contribution in [2.24, 2.45) is 0 Å². The van der Waals surface area contributed by atoms with Crippen molar-refractivity contribution >= 4 is 21.6 Å². The summed E-state index contributed by atoms with van der Waals surface area (Å²) in [6.45, 7) is 2.05. The van der Waals surface area contributed by atoms with Gasteiger partial charge in [-0.25, -0.2) is 8.42 Å². The van der Waals surface area contributed by atoms with Gasteiger partial charge in [0.2, 0.25) is 10.0 Å². The smallest absolute Gasteiger partial charge is 0.258 e. The van der Waals surface area contributed by atoms with Gasteiger partial charge in [-0.2, -0.15) is 4.31 Å². The molecule has 2 aromatic carbocycles. The predicted octanol–water partition coefficient (Wildman–Crippen LogP) is 4.62. The second kappa shape index (κ2) is 8.52. The van der Waals surface area contributed by atoms with Gasteiger partial charge >= 0.3 is 0 Å². The van der Waals surface area contributed by atoms with Gasteiger partial charge in [0.05, 0.1) is 4.90 Å². The molecule has 0 saturated heterocycles. The zero-order valence-corrected chi connectivity index (χ0v) is 18.6. The van der Waals surface area contributed by atoms with E-state index in [1.54, 1.807) is 31.3 Å². The van der Waals surface area contributed by atoms with Crippen molar-refractivity contribution in [3.8, 4) is 0 Å². The quantitative estimate of drug-likeness (QED) is 0.717. The maximum atomic E-state index is 13.4. The Morgan fingerprint density at radius 3 is 2.50 bits per heavy atom. The van der Waals surface area contributed by atoms with Crippen LogP contribution in [0.15, 0.2) is 53.4 Å². The van der Waals surface area contributed by atoms with Crippen molar-refractivity contribution in [2.45, 2.75) is 68.8 Å². The van der Waals surface area contributed by atoms with E-state index in [1.807, 2.05) is 30.0 Å². The lowest BCUT2D eigenvalue weighted by Crippen LogP contribution is -2.42. The molecule has 160 valence electrons. The molecule has 1 fully saturated rings. The average molecular weight is 427 g/mol. The third-order valence-electron chi connectivity index (χ3n) is 6.59. The van der Waals surface area contributed by atoms with Crippen molar-refractivity contribution in [2.75, 3.05) is 11.9 Å². The molecule has 0 bridgehead atoms. The highest BCUT2D eigenvalue weighted by atomic mass is 32.2. The number of sulfonamides is 1. The molecule has 0 aromatic heterocycles. The molecule has 1 aliphatic heterocycles. The summed E-state index contributed by atoms with van der Waals surface area (Å²) in [6, 6.07) is 14.6. The Labute approximate surface area is 179 Å².